The molecule has 0 spiro atoms. The SMILES string of the molecule is C=CC(=O)OCCCCOc1ccc(/C(F)=C(\F)c2ccc(-c3ccc(-c4ccc(F)cc4/C=N/Nc4nc(-c5ccc6ccccc6c5)cs4)cc3)cc2)cc1. The van der Waals surface area contributed by atoms with Gasteiger partial charge in [-0.3, -0.25) is 5.43 Å². The van der Waals surface area contributed by atoms with Gasteiger partial charge in [0.2, 0.25) is 5.13 Å². The third-order valence-electron chi connectivity index (χ3n) is 9.11. The Balaban J connectivity index is 0.968. The molecule has 0 amide bonds. The summed E-state index contributed by atoms with van der Waals surface area (Å²) in [5.41, 5.74) is 8.92. The zero-order valence-electron chi connectivity index (χ0n) is 30.6. The Morgan fingerprint density at radius 1 is 0.737 bits per heavy atom. The van der Waals surface area contributed by atoms with Crippen molar-refractivity contribution >= 4 is 51.1 Å². The van der Waals surface area contributed by atoms with E-state index in [0.29, 0.717) is 35.9 Å². The molecule has 0 aliphatic heterocycles. The monoisotopic (exact) mass is 779 g/mol. The van der Waals surface area contributed by atoms with Crippen molar-refractivity contribution < 1.29 is 27.4 Å². The second-order valence-corrected chi connectivity index (χ2v) is 13.8. The van der Waals surface area contributed by atoms with E-state index in [1.807, 2.05) is 47.8 Å². The number of halogens is 3. The molecule has 0 saturated carbocycles. The molecule has 0 aliphatic carbocycles. The van der Waals surface area contributed by atoms with Gasteiger partial charge in [0.05, 0.1) is 25.1 Å². The van der Waals surface area contributed by atoms with E-state index in [2.05, 4.69) is 46.4 Å². The number of rotatable bonds is 15. The quantitative estimate of drug-likeness (QED) is 0.0280. The molecule has 7 rings (SSSR count). The van der Waals surface area contributed by atoms with Gasteiger partial charge in [0.15, 0.2) is 11.7 Å². The number of ether oxygens (including phenoxy) is 2. The number of unbranched alkanes of at least 4 members (excludes halogenated alkanes) is 1. The van der Waals surface area contributed by atoms with E-state index >= 15 is 8.78 Å². The summed E-state index contributed by atoms with van der Waals surface area (Å²) in [6.07, 6.45) is 3.96. The second-order valence-electron chi connectivity index (χ2n) is 12.9. The number of hydrogen-bond donors (Lipinski definition) is 1. The predicted octanol–water partition coefficient (Wildman–Crippen LogP) is 12.5. The Hall–Kier alpha value is -6.78. The number of esters is 1. The molecule has 6 aromatic carbocycles. The smallest absolute Gasteiger partial charge is 0.330 e. The van der Waals surface area contributed by atoms with Crippen LogP contribution in [0.4, 0.5) is 18.3 Å². The summed E-state index contributed by atoms with van der Waals surface area (Å²) < 4.78 is 55.4. The van der Waals surface area contributed by atoms with Gasteiger partial charge in [-0.25, -0.2) is 22.9 Å². The van der Waals surface area contributed by atoms with Crippen LogP contribution in [0.3, 0.4) is 0 Å². The van der Waals surface area contributed by atoms with Crippen molar-refractivity contribution in [3.8, 4) is 39.3 Å². The fourth-order valence-electron chi connectivity index (χ4n) is 6.09. The van der Waals surface area contributed by atoms with Crippen LogP contribution in [0.15, 0.2) is 157 Å². The lowest BCUT2D eigenvalue weighted by Crippen LogP contribution is -2.04. The summed E-state index contributed by atoms with van der Waals surface area (Å²) >= 11 is 1.43. The number of hydrogen-bond acceptors (Lipinski definition) is 7. The van der Waals surface area contributed by atoms with Crippen molar-refractivity contribution in [2.24, 2.45) is 5.10 Å². The van der Waals surface area contributed by atoms with Crippen molar-refractivity contribution in [2.45, 2.75) is 12.8 Å². The van der Waals surface area contributed by atoms with Crippen LogP contribution >= 0.6 is 11.3 Å². The Labute approximate surface area is 332 Å². The van der Waals surface area contributed by atoms with Crippen molar-refractivity contribution in [1.82, 2.24) is 4.98 Å². The number of thiazole rings is 1. The van der Waals surface area contributed by atoms with Gasteiger partial charge in [-0.1, -0.05) is 97.6 Å². The lowest BCUT2D eigenvalue weighted by molar-refractivity contribution is -0.137. The molecule has 0 fully saturated rings. The fourth-order valence-corrected chi connectivity index (χ4v) is 6.76. The number of anilines is 1. The van der Waals surface area contributed by atoms with Crippen LogP contribution in [0.2, 0.25) is 0 Å². The highest BCUT2D eigenvalue weighted by molar-refractivity contribution is 7.14. The van der Waals surface area contributed by atoms with E-state index in [1.165, 1.54) is 47.7 Å². The number of hydrazone groups is 1. The van der Waals surface area contributed by atoms with E-state index < -0.39 is 17.6 Å². The highest BCUT2D eigenvalue weighted by Crippen LogP contribution is 2.33. The van der Waals surface area contributed by atoms with Gasteiger partial charge in [-0.15, -0.1) is 11.3 Å². The zero-order valence-corrected chi connectivity index (χ0v) is 31.4. The van der Waals surface area contributed by atoms with Crippen LogP contribution in [-0.2, 0) is 9.53 Å². The average Bonchev–Trinajstić information content (AvgIpc) is 3.73. The standard InChI is InChI=1S/C47H36F3N3O3S/c1-2-44(54)56-26-6-5-25-55-41-22-19-36(20-23-41)46(50)45(49)35-16-11-33(12-17-35)32-9-14-34(15-10-32)42-24-21-40(48)28-39(42)29-51-53-47-52-43(30-57-47)38-18-13-31-7-3-4-8-37(31)27-38/h2-4,7-24,27-30H,1,5-6,25-26H2,(H,52,53)/b46-45+,51-29+. The van der Waals surface area contributed by atoms with Gasteiger partial charge >= 0.3 is 5.97 Å². The first-order valence-corrected chi connectivity index (χ1v) is 19.0. The van der Waals surface area contributed by atoms with Crippen LogP contribution in [0.5, 0.6) is 5.75 Å². The third kappa shape index (κ3) is 9.73. The minimum Gasteiger partial charge on any atom is -0.494 e. The summed E-state index contributed by atoms with van der Waals surface area (Å²) in [5.74, 6) is -2.29. The minimum atomic E-state index is -0.978. The summed E-state index contributed by atoms with van der Waals surface area (Å²) in [4.78, 5) is 15.8. The van der Waals surface area contributed by atoms with Gasteiger partial charge in [-0.2, -0.15) is 5.10 Å². The summed E-state index contributed by atoms with van der Waals surface area (Å²) in [5, 5.41) is 9.24. The number of nitrogens with zero attached hydrogens (tertiary/aromatic N) is 2. The fraction of sp³-hybridized carbons (Fsp3) is 0.0851. The number of aromatic nitrogens is 1. The average molecular weight is 780 g/mol. The van der Waals surface area contributed by atoms with Crippen LogP contribution < -0.4 is 10.2 Å². The Morgan fingerprint density at radius 3 is 2.09 bits per heavy atom. The maximum atomic E-state index is 15.2. The van der Waals surface area contributed by atoms with Crippen molar-refractivity contribution in [2.75, 3.05) is 18.6 Å². The van der Waals surface area contributed by atoms with Gasteiger partial charge in [0, 0.05) is 33.7 Å². The van der Waals surface area contributed by atoms with Gasteiger partial charge in [0.1, 0.15) is 11.6 Å². The van der Waals surface area contributed by atoms with Crippen LogP contribution in [0.1, 0.15) is 29.5 Å². The molecular formula is C47H36F3N3O3S. The highest BCUT2D eigenvalue weighted by Gasteiger charge is 2.13. The molecule has 10 heteroatoms. The maximum Gasteiger partial charge on any atom is 0.330 e. The Kier molecular flexibility index (Phi) is 12.3. The molecule has 0 unspecified atom stereocenters. The molecule has 0 bridgehead atoms. The molecular weight excluding hydrogens is 744 g/mol. The number of nitrogens with one attached hydrogen (secondary N) is 1. The molecule has 0 saturated heterocycles. The summed E-state index contributed by atoms with van der Waals surface area (Å²) in [6, 6.07) is 39.3. The largest absolute Gasteiger partial charge is 0.494 e. The first-order chi connectivity index (χ1) is 27.8. The lowest BCUT2D eigenvalue weighted by atomic mass is 9.96. The lowest BCUT2D eigenvalue weighted by Gasteiger charge is -2.09. The first kappa shape index (κ1) is 38.5. The number of carbonyl (C=O) groups excluding carboxylic acids is 1. The van der Waals surface area contributed by atoms with Gasteiger partial charge in [0.25, 0.3) is 0 Å². The molecule has 57 heavy (non-hydrogen) atoms. The van der Waals surface area contributed by atoms with E-state index in [1.54, 1.807) is 36.5 Å². The van der Waals surface area contributed by atoms with Crippen LogP contribution in [0.25, 0.3) is 55.9 Å². The van der Waals surface area contributed by atoms with Crippen molar-refractivity contribution in [1.29, 1.82) is 0 Å². The molecule has 0 radical (unpaired) electrons. The zero-order chi connectivity index (χ0) is 39.6. The van der Waals surface area contributed by atoms with Crippen LogP contribution in [-0.4, -0.2) is 30.4 Å². The predicted molar refractivity (Wildman–Crippen MR) is 225 cm³/mol. The first-order valence-electron chi connectivity index (χ1n) is 18.2. The Bertz CT molecular complexity index is 2570. The van der Waals surface area contributed by atoms with Crippen LogP contribution in [0, 0.1) is 5.82 Å². The molecule has 7 aromatic rings. The molecule has 0 aliphatic rings. The normalized spacial score (nSPS) is 11.7. The van der Waals surface area contributed by atoms with Gasteiger partial charge < -0.3 is 9.47 Å². The molecule has 6 nitrogen and oxygen atoms in total. The topological polar surface area (TPSA) is 72.8 Å². The maximum absolute atomic E-state index is 15.2. The highest BCUT2D eigenvalue weighted by atomic mass is 32.1. The molecule has 1 aromatic heterocycles. The van der Waals surface area contributed by atoms with E-state index in [9.17, 15) is 9.18 Å². The molecule has 284 valence electrons. The number of benzene rings is 6. The summed E-state index contributed by atoms with van der Waals surface area (Å²) in [6.45, 7) is 4.00. The molecule has 1 heterocycles. The minimum absolute atomic E-state index is 0.0890. The van der Waals surface area contributed by atoms with E-state index in [-0.39, 0.29) is 23.6 Å². The number of carbonyl (C=O) groups is 1. The third-order valence-corrected chi connectivity index (χ3v) is 9.86. The summed E-state index contributed by atoms with van der Waals surface area (Å²) in [7, 11) is 0. The molecule has 1 N–H and O–H groups in total. The molecule has 0 atom stereocenters. The van der Waals surface area contributed by atoms with Crippen molar-refractivity contribution in [3.05, 3.63) is 174 Å². The van der Waals surface area contributed by atoms with E-state index in [0.717, 1.165) is 50.4 Å². The number of fused-ring (bicyclic) bond motifs is 1. The van der Waals surface area contributed by atoms with Crippen molar-refractivity contribution in [3.63, 3.8) is 0 Å². The van der Waals surface area contributed by atoms with Gasteiger partial charge in [-0.05, 0) is 88.3 Å². The Morgan fingerprint density at radius 2 is 1.37 bits per heavy atom. The second kappa shape index (κ2) is 18.2. The van der Waals surface area contributed by atoms with E-state index in [4.69, 9.17) is 9.47 Å².